The topological polar surface area (TPSA) is 54.5 Å². The summed E-state index contributed by atoms with van der Waals surface area (Å²) in [6.45, 7) is 0. The van der Waals surface area contributed by atoms with Crippen molar-refractivity contribution in [2.75, 3.05) is 0 Å². The Morgan fingerprint density at radius 3 is 2.50 bits per heavy atom. The molecule has 5 heteroatoms. The molecule has 0 spiro atoms. The van der Waals surface area contributed by atoms with Gasteiger partial charge in [0.25, 0.3) is 0 Å². The minimum atomic E-state index is -0.297. The van der Waals surface area contributed by atoms with Crippen molar-refractivity contribution in [3.8, 4) is 22.6 Å². The Hall–Kier alpha value is -2.56. The maximum atomic E-state index is 13.1. The van der Waals surface area contributed by atoms with Gasteiger partial charge in [0.1, 0.15) is 5.82 Å². The average Bonchev–Trinajstić information content (AvgIpc) is 2.93. The molecule has 0 aliphatic rings. The zero-order valence-corrected chi connectivity index (χ0v) is 9.34. The molecule has 3 aromatic rings. The first-order valence-electron chi connectivity index (χ1n) is 5.40. The zero-order valence-electron chi connectivity index (χ0n) is 9.34. The molecule has 0 saturated heterocycles. The van der Waals surface area contributed by atoms with E-state index < -0.39 is 0 Å². The number of halogens is 1. The molecule has 1 N–H and O–H groups in total. The van der Waals surface area contributed by atoms with Crippen LogP contribution in [0.25, 0.3) is 22.6 Å². The van der Waals surface area contributed by atoms with Crippen LogP contribution in [-0.4, -0.2) is 19.9 Å². The lowest BCUT2D eigenvalue weighted by Gasteiger charge is -2.01. The summed E-state index contributed by atoms with van der Waals surface area (Å²) >= 11 is 0. The molecule has 0 fully saturated rings. The van der Waals surface area contributed by atoms with E-state index >= 15 is 0 Å². The molecule has 2 heterocycles. The summed E-state index contributed by atoms with van der Waals surface area (Å²) in [6, 6.07) is 6.21. The molecule has 18 heavy (non-hydrogen) atoms. The second-order valence-electron chi connectivity index (χ2n) is 3.77. The first-order chi connectivity index (χ1) is 8.83. The van der Waals surface area contributed by atoms with E-state index in [0.29, 0.717) is 11.4 Å². The van der Waals surface area contributed by atoms with Crippen molar-refractivity contribution in [1.29, 1.82) is 0 Å². The summed E-state index contributed by atoms with van der Waals surface area (Å²) in [5, 5.41) is 0. The van der Waals surface area contributed by atoms with E-state index in [-0.39, 0.29) is 5.82 Å². The van der Waals surface area contributed by atoms with Crippen LogP contribution in [0.4, 0.5) is 4.39 Å². The molecule has 0 unspecified atom stereocenters. The lowest BCUT2D eigenvalue weighted by atomic mass is 10.2. The molecule has 0 aliphatic carbocycles. The summed E-state index contributed by atoms with van der Waals surface area (Å²) < 4.78 is 13.1. The minimum Gasteiger partial charge on any atom is -0.345 e. The number of hydrogen-bond acceptors (Lipinski definition) is 3. The van der Waals surface area contributed by atoms with Gasteiger partial charge in [-0.1, -0.05) is 12.1 Å². The van der Waals surface area contributed by atoms with E-state index in [1.165, 1.54) is 12.1 Å². The van der Waals surface area contributed by atoms with Gasteiger partial charge in [-0.25, -0.2) is 19.3 Å². The van der Waals surface area contributed by atoms with Crippen LogP contribution < -0.4 is 0 Å². The van der Waals surface area contributed by atoms with Gasteiger partial charge in [0.05, 0.1) is 18.2 Å². The third-order valence-corrected chi connectivity index (χ3v) is 2.54. The van der Waals surface area contributed by atoms with Crippen molar-refractivity contribution >= 4 is 0 Å². The Balaban J connectivity index is 1.96. The van der Waals surface area contributed by atoms with E-state index in [4.69, 9.17) is 0 Å². The van der Waals surface area contributed by atoms with Crippen LogP contribution in [0.3, 0.4) is 0 Å². The summed E-state index contributed by atoms with van der Waals surface area (Å²) in [6.07, 6.45) is 6.65. The number of nitrogens with zero attached hydrogens (tertiary/aromatic N) is 3. The monoisotopic (exact) mass is 240 g/mol. The van der Waals surface area contributed by atoms with Crippen LogP contribution in [0.1, 0.15) is 0 Å². The molecular formula is C13H9FN4. The highest BCUT2D eigenvalue weighted by Gasteiger charge is 2.04. The van der Waals surface area contributed by atoms with Crippen molar-refractivity contribution < 1.29 is 4.39 Å². The summed E-state index contributed by atoms with van der Waals surface area (Å²) in [5.74, 6) is 0.200. The number of imidazole rings is 1. The Labute approximate surface area is 103 Å². The Morgan fingerprint density at radius 1 is 1.00 bits per heavy atom. The molecular weight excluding hydrogens is 231 g/mol. The van der Waals surface area contributed by atoms with E-state index in [9.17, 15) is 4.39 Å². The van der Waals surface area contributed by atoms with Crippen molar-refractivity contribution in [2.24, 2.45) is 0 Å². The molecule has 0 atom stereocenters. The van der Waals surface area contributed by atoms with Gasteiger partial charge in [-0.2, -0.15) is 0 Å². The smallest absolute Gasteiger partial charge is 0.159 e. The fourth-order valence-electron chi connectivity index (χ4n) is 1.66. The van der Waals surface area contributed by atoms with E-state index in [2.05, 4.69) is 19.9 Å². The Morgan fingerprint density at radius 2 is 1.83 bits per heavy atom. The van der Waals surface area contributed by atoms with E-state index in [0.717, 1.165) is 11.3 Å². The first-order valence-corrected chi connectivity index (χ1v) is 5.40. The molecule has 0 amide bonds. The Bertz CT molecular complexity index is 647. The molecule has 2 aromatic heterocycles. The van der Waals surface area contributed by atoms with Crippen LogP contribution >= 0.6 is 0 Å². The summed E-state index contributed by atoms with van der Waals surface area (Å²) in [7, 11) is 0. The van der Waals surface area contributed by atoms with E-state index in [1.54, 1.807) is 37.1 Å². The average molecular weight is 240 g/mol. The molecule has 0 bridgehead atoms. The van der Waals surface area contributed by atoms with Crippen LogP contribution in [-0.2, 0) is 0 Å². The van der Waals surface area contributed by atoms with Crippen molar-refractivity contribution in [3.63, 3.8) is 0 Å². The first kappa shape index (κ1) is 10.6. The fraction of sp³-hybridized carbons (Fsp3) is 0. The molecule has 3 rings (SSSR count). The zero-order chi connectivity index (χ0) is 12.4. The van der Waals surface area contributed by atoms with Crippen LogP contribution in [0.15, 0.2) is 49.2 Å². The highest BCUT2D eigenvalue weighted by molar-refractivity contribution is 5.59. The van der Waals surface area contributed by atoms with Gasteiger partial charge in [-0.15, -0.1) is 0 Å². The molecule has 1 aromatic carbocycles. The largest absolute Gasteiger partial charge is 0.345 e. The van der Waals surface area contributed by atoms with Crippen molar-refractivity contribution in [2.45, 2.75) is 0 Å². The second kappa shape index (κ2) is 4.37. The lowest BCUT2D eigenvalue weighted by Crippen LogP contribution is -1.90. The number of aromatic nitrogens is 4. The molecule has 0 radical (unpaired) electrons. The van der Waals surface area contributed by atoms with Crippen molar-refractivity contribution in [1.82, 2.24) is 19.9 Å². The minimum absolute atomic E-state index is 0.297. The highest BCUT2D eigenvalue weighted by atomic mass is 19.1. The van der Waals surface area contributed by atoms with Crippen LogP contribution in [0, 0.1) is 5.82 Å². The maximum Gasteiger partial charge on any atom is 0.159 e. The number of aromatic amines is 1. The highest BCUT2D eigenvalue weighted by Crippen LogP contribution is 2.18. The number of H-pyrrole nitrogens is 1. The molecule has 0 aliphatic heterocycles. The van der Waals surface area contributed by atoms with Crippen LogP contribution in [0.5, 0.6) is 0 Å². The quantitative estimate of drug-likeness (QED) is 0.749. The number of benzene rings is 1. The van der Waals surface area contributed by atoms with Gasteiger partial charge >= 0.3 is 0 Å². The van der Waals surface area contributed by atoms with Gasteiger partial charge in [-0.05, 0) is 12.1 Å². The number of hydrogen-bond donors (Lipinski definition) is 1. The molecule has 88 valence electrons. The van der Waals surface area contributed by atoms with E-state index in [1.807, 2.05) is 0 Å². The normalized spacial score (nSPS) is 10.5. The standard InChI is InChI=1S/C13H9FN4/c14-11-3-1-2-9(4-11)13-16-5-10(6-17-13)12-7-15-8-18-12/h1-8H,(H,15,18). The van der Waals surface area contributed by atoms with Gasteiger partial charge in [-0.3, -0.25) is 0 Å². The molecule has 4 nitrogen and oxygen atoms in total. The van der Waals surface area contributed by atoms with Crippen molar-refractivity contribution in [3.05, 3.63) is 55.0 Å². The third-order valence-electron chi connectivity index (χ3n) is 2.54. The maximum absolute atomic E-state index is 13.1. The third kappa shape index (κ3) is 1.98. The number of nitrogens with one attached hydrogen (secondary N) is 1. The van der Waals surface area contributed by atoms with Gasteiger partial charge in [0.15, 0.2) is 5.82 Å². The number of rotatable bonds is 2. The predicted octanol–water partition coefficient (Wildman–Crippen LogP) is 2.67. The summed E-state index contributed by atoms with van der Waals surface area (Å²) in [4.78, 5) is 15.3. The second-order valence-corrected chi connectivity index (χ2v) is 3.77. The SMILES string of the molecule is Fc1cccc(-c2ncc(-c3cnc[nH]3)cn2)c1. The predicted molar refractivity (Wildman–Crippen MR) is 65.0 cm³/mol. The fourth-order valence-corrected chi connectivity index (χ4v) is 1.66. The van der Waals surface area contributed by atoms with Gasteiger partial charge in [0.2, 0.25) is 0 Å². The summed E-state index contributed by atoms with van der Waals surface area (Å²) in [5.41, 5.74) is 2.35. The van der Waals surface area contributed by atoms with Crippen LogP contribution in [0.2, 0.25) is 0 Å². The van der Waals surface area contributed by atoms with Gasteiger partial charge in [0, 0.05) is 23.5 Å². The van der Waals surface area contributed by atoms with Gasteiger partial charge < -0.3 is 4.98 Å². The lowest BCUT2D eigenvalue weighted by molar-refractivity contribution is 0.628. The Kier molecular flexibility index (Phi) is 2.57. The molecule has 0 saturated carbocycles.